The minimum absolute atomic E-state index is 0.00839. The van der Waals surface area contributed by atoms with Crippen LogP contribution in [-0.4, -0.2) is 183 Å². The molecule has 0 saturated carbocycles. The molecule has 5 fully saturated rings. The molecule has 5 saturated heterocycles. The number of morpholine rings is 1. The van der Waals surface area contributed by atoms with Gasteiger partial charge in [0.1, 0.15) is 41.2 Å². The number of fused-ring (bicyclic) bond motifs is 7. The Morgan fingerprint density at radius 2 is 1.58 bits per heavy atom. The summed E-state index contributed by atoms with van der Waals surface area (Å²) in [6, 6.07) is 2.64. The zero-order valence-electron chi connectivity index (χ0n) is 36.2. The number of carbonyl (C=O) groups is 6. The Hall–Kier alpha value is -5.34. The smallest absolute Gasteiger partial charge is 0.252 e. The van der Waals surface area contributed by atoms with Crippen LogP contribution in [0.4, 0.5) is 0 Å². The molecule has 356 valence electrons. The Labute approximate surface area is 376 Å². The molecule has 5 heterocycles. The van der Waals surface area contributed by atoms with Gasteiger partial charge in [-0.25, -0.2) is 0 Å². The molecule has 0 radical (unpaired) electrons. The average molecular weight is 925 g/mol. The molecular formula is C43H52N6O17. The maximum absolute atomic E-state index is 14.5. The van der Waals surface area contributed by atoms with E-state index < -0.39 is 144 Å². The van der Waals surface area contributed by atoms with E-state index in [1.807, 2.05) is 6.92 Å². The molecule has 9 N–H and O–H groups in total. The van der Waals surface area contributed by atoms with Crippen molar-refractivity contribution < 1.29 is 82.0 Å². The monoisotopic (exact) mass is 924 g/mol. The van der Waals surface area contributed by atoms with Crippen LogP contribution in [0.25, 0.3) is 0 Å². The minimum Gasteiger partial charge on any atom is -0.507 e. The van der Waals surface area contributed by atoms with E-state index in [1.54, 1.807) is 0 Å². The molecule has 0 spiro atoms. The standard InChI is InChI=1S/C43H52N6O17/c1-17-37-22(49-7-8-61-41(60-3)40(49)66-37)9-28(64-17)65-24-11-43(58,10-19-30(24)36(56)32-31(34(19)54)33(53)18-5-4-6-23(59-2)29(18)35(32)55)42(57)48-21-16-63-38-20(15-62-39(21)38)47-27(52)14-46-26(51)13-45-25(50)12-44/h4-6,17,20-22,24,28,37-41,54,56,58H,7-16,44H2,1-3H3,(H,45,50)(H,46,51)(H,47,52)(H,48,57)/t17-,20-,21-,22-,24-,28-,37+,38+,39+,40+,41-,43-/m0/s1. The third-order valence-electron chi connectivity index (χ3n) is 13.4. The van der Waals surface area contributed by atoms with Gasteiger partial charge in [-0.3, -0.25) is 33.7 Å². The van der Waals surface area contributed by atoms with E-state index in [0.717, 1.165) is 0 Å². The number of aromatic hydroxyl groups is 2. The predicted molar refractivity (Wildman–Crippen MR) is 220 cm³/mol. The summed E-state index contributed by atoms with van der Waals surface area (Å²) in [6.45, 7) is 1.56. The van der Waals surface area contributed by atoms with Crippen LogP contribution in [-0.2, 0) is 58.8 Å². The Morgan fingerprint density at radius 3 is 2.29 bits per heavy atom. The van der Waals surface area contributed by atoms with Crippen molar-refractivity contribution in [3.05, 3.63) is 51.6 Å². The van der Waals surface area contributed by atoms with Gasteiger partial charge in [-0.15, -0.1) is 0 Å². The maximum atomic E-state index is 14.5. The fourth-order valence-corrected chi connectivity index (χ4v) is 10.3. The maximum Gasteiger partial charge on any atom is 0.252 e. The third kappa shape index (κ3) is 7.95. The van der Waals surface area contributed by atoms with Gasteiger partial charge in [0.2, 0.25) is 23.5 Å². The molecule has 2 aromatic rings. The first-order valence-electron chi connectivity index (χ1n) is 21.7. The lowest BCUT2D eigenvalue weighted by Crippen LogP contribution is -2.57. The molecule has 0 bridgehead atoms. The first kappa shape index (κ1) is 45.8. The van der Waals surface area contributed by atoms with E-state index in [-0.39, 0.29) is 66.8 Å². The molecular weight excluding hydrogens is 872 g/mol. The van der Waals surface area contributed by atoms with E-state index in [9.17, 15) is 44.1 Å². The number of nitrogens with two attached hydrogens (primary N) is 1. The molecule has 66 heavy (non-hydrogen) atoms. The number of ether oxygens (including phenoxy) is 8. The number of phenolic OH excluding ortho intramolecular Hbond substituents is 2. The molecule has 12 atom stereocenters. The summed E-state index contributed by atoms with van der Waals surface area (Å²) in [5.74, 6) is -5.51. The van der Waals surface area contributed by atoms with Gasteiger partial charge in [0.15, 0.2) is 24.6 Å². The van der Waals surface area contributed by atoms with Gasteiger partial charge in [0, 0.05) is 55.6 Å². The van der Waals surface area contributed by atoms with Crippen LogP contribution >= 0.6 is 0 Å². The molecule has 9 rings (SSSR count). The summed E-state index contributed by atoms with van der Waals surface area (Å²) < 4.78 is 47.9. The SMILES string of the molecule is COc1cccc2c1C(=O)c1c(O)c3c(c(O)c1C2=O)C[C@@](O)(C(=O)N[C@H]1CO[C@H]2[C@@H]1OC[C@@H]2NC(=O)CNC(=O)CNC(=O)CN)C[C@@H]3O[C@H]1C[C@H]2[C@H](O[C@@H]3[C@@H](OC)OCCN32)[C@H](C)O1. The quantitative estimate of drug-likeness (QED) is 0.0846. The topological polar surface area (TPSA) is 314 Å². The van der Waals surface area contributed by atoms with Crippen molar-refractivity contribution >= 4 is 35.2 Å². The fraction of sp³-hybridized carbons (Fsp3) is 0.581. The zero-order chi connectivity index (χ0) is 46.8. The first-order valence-corrected chi connectivity index (χ1v) is 21.7. The Balaban J connectivity index is 0.967. The van der Waals surface area contributed by atoms with Gasteiger partial charge in [-0.05, 0) is 13.0 Å². The second-order valence-electron chi connectivity index (χ2n) is 17.3. The van der Waals surface area contributed by atoms with Crippen LogP contribution in [0, 0.1) is 0 Å². The summed E-state index contributed by atoms with van der Waals surface area (Å²) in [4.78, 5) is 81.1. The van der Waals surface area contributed by atoms with E-state index in [2.05, 4.69) is 26.2 Å². The van der Waals surface area contributed by atoms with Crippen LogP contribution in [0.5, 0.6) is 17.2 Å². The summed E-state index contributed by atoms with van der Waals surface area (Å²) in [5, 5.41) is 46.9. The number of ketones is 2. The Kier molecular flexibility index (Phi) is 12.5. The number of hydrogen-bond acceptors (Lipinski definition) is 19. The molecule has 23 heteroatoms. The molecule has 23 nitrogen and oxygen atoms in total. The average Bonchev–Trinajstić information content (AvgIpc) is 4.02. The fourth-order valence-electron chi connectivity index (χ4n) is 10.3. The van der Waals surface area contributed by atoms with Crippen LogP contribution < -0.4 is 31.7 Å². The number of hydrogen-bond donors (Lipinski definition) is 8. The van der Waals surface area contributed by atoms with Crippen LogP contribution in [0.1, 0.15) is 68.8 Å². The molecule has 5 aliphatic heterocycles. The lowest BCUT2D eigenvalue weighted by Gasteiger charge is -2.43. The predicted octanol–water partition coefficient (Wildman–Crippen LogP) is -2.89. The van der Waals surface area contributed by atoms with Crippen molar-refractivity contribution in [2.24, 2.45) is 5.73 Å². The van der Waals surface area contributed by atoms with E-state index in [0.29, 0.717) is 13.2 Å². The van der Waals surface area contributed by atoms with Gasteiger partial charge in [0.25, 0.3) is 5.91 Å². The van der Waals surface area contributed by atoms with Crippen molar-refractivity contribution in [1.29, 1.82) is 0 Å². The summed E-state index contributed by atoms with van der Waals surface area (Å²) >= 11 is 0. The number of aliphatic hydroxyl groups is 1. The van der Waals surface area contributed by atoms with Crippen molar-refractivity contribution in [3.8, 4) is 17.2 Å². The third-order valence-corrected chi connectivity index (χ3v) is 13.4. The minimum atomic E-state index is -2.37. The number of amides is 4. The number of rotatable bonds is 12. The highest BCUT2D eigenvalue weighted by molar-refractivity contribution is 6.31. The summed E-state index contributed by atoms with van der Waals surface area (Å²) in [6.07, 6.45) is -6.94. The van der Waals surface area contributed by atoms with Crippen molar-refractivity contribution in [1.82, 2.24) is 26.2 Å². The number of nitrogens with zero attached hydrogens (tertiary/aromatic N) is 1. The number of benzene rings is 2. The van der Waals surface area contributed by atoms with Crippen molar-refractivity contribution in [2.75, 3.05) is 60.2 Å². The van der Waals surface area contributed by atoms with Gasteiger partial charge >= 0.3 is 0 Å². The second-order valence-corrected chi connectivity index (χ2v) is 17.3. The summed E-state index contributed by atoms with van der Waals surface area (Å²) in [7, 11) is 2.85. The highest BCUT2D eigenvalue weighted by atomic mass is 16.7. The Morgan fingerprint density at radius 1 is 0.879 bits per heavy atom. The van der Waals surface area contributed by atoms with E-state index in [1.165, 1.54) is 32.4 Å². The molecule has 7 aliphatic rings. The van der Waals surface area contributed by atoms with Gasteiger partial charge < -0.3 is 80.2 Å². The van der Waals surface area contributed by atoms with Crippen LogP contribution in [0.2, 0.25) is 0 Å². The molecule has 4 amide bonds. The van der Waals surface area contributed by atoms with Gasteiger partial charge in [-0.1, -0.05) is 12.1 Å². The van der Waals surface area contributed by atoms with Gasteiger partial charge in [-0.2, -0.15) is 0 Å². The van der Waals surface area contributed by atoms with Crippen molar-refractivity contribution in [3.63, 3.8) is 0 Å². The number of phenols is 2. The normalized spacial score (nSPS) is 33.1. The molecule has 2 aromatic carbocycles. The van der Waals surface area contributed by atoms with Crippen molar-refractivity contribution in [2.45, 2.75) is 99.2 Å². The van der Waals surface area contributed by atoms with Crippen LogP contribution in [0.15, 0.2) is 18.2 Å². The second kappa shape index (κ2) is 18.0. The van der Waals surface area contributed by atoms with Gasteiger partial charge in [0.05, 0.1) is 87.5 Å². The first-order chi connectivity index (χ1) is 31.7. The lowest BCUT2D eigenvalue weighted by atomic mass is 9.72. The highest BCUT2D eigenvalue weighted by Crippen LogP contribution is 2.53. The molecule has 2 aliphatic carbocycles. The number of carbonyl (C=O) groups excluding carboxylic acids is 6. The summed E-state index contributed by atoms with van der Waals surface area (Å²) in [5.41, 5.74) is 1.39. The molecule has 0 aromatic heterocycles. The highest BCUT2D eigenvalue weighted by Gasteiger charge is 2.56. The largest absolute Gasteiger partial charge is 0.507 e. The zero-order valence-corrected chi connectivity index (χ0v) is 36.2. The van der Waals surface area contributed by atoms with E-state index >= 15 is 0 Å². The lowest BCUT2D eigenvalue weighted by molar-refractivity contribution is -0.256. The Bertz CT molecular complexity index is 2330. The number of nitrogens with one attached hydrogen (secondary N) is 4. The number of methoxy groups -OCH3 is 2. The molecule has 0 unspecified atom stereocenters. The van der Waals surface area contributed by atoms with Crippen LogP contribution in [0.3, 0.4) is 0 Å². The van der Waals surface area contributed by atoms with E-state index in [4.69, 9.17) is 43.6 Å².